The van der Waals surface area contributed by atoms with Crippen LogP contribution in [0.5, 0.6) is 5.75 Å². The van der Waals surface area contributed by atoms with E-state index < -0.39 is 0 Å². The number of pyridine rings is 1. The first-order valence-electron chi connectivity index (χ1n) is 16.6. The molecule has 4 aromatic rings. The number of aryl methyl sites for hydroxylation is 1. The number of benzene rings is 3. The van der Waals surface area contributed by atoms with Crippen LogP contribution in [0.4, 0.5) is 14.9 Å². The second kappa shape index (κ2) is 15.9. The van der Waals surface area contributed by atoms with Crippen molar-refractivity contribution in [2.75, 3.05) is 32.5 Å². The molecule has 46 heavy (non-hydrogen) atoms. The number of anilines is 1. The normalized spacial score (nSPS) is 15.2. The number of hydrogen-bond donors (Lipinski definition) is 2. The second-order valence-corrected chi connectivity index (χ2v) is 13.0. The minimum absolute atomic E-state index is 0.0842. The maximum Gasteiger partial charge on any atom is 0.318 e. The lowest BCUT2D eigenvalue weighted by Crippen LogP contribution is -2.49. The van der Waals surface area contributed by atoms with E-state index in [0.29, 0.717) is 25.6 Å². The Morgan fingerprint density at radius 2 is 1.67 bits per heavy atom. The summed E-state index contributed by atoms with van der Waals surface area (Å²) in [6.45, 7) is 7.78. The highest BCUT2D eigenvalue weighted by Gasteiger charge is 2.27. The van der Waals surface area contributed by atoms with Crippen molar-refractivity contribution in [3.05, 3.63) is 101 Å². The highest BCUT2D eigenvalue weighted by Crippen LogP contribution is 2.30. The van der Waals surface area contributed by atoms with E-state index in [-0.39, 0.29) is 17.9 Å². The summed E-state index contributed by atoms with van der Waals surface area (Å²) in [5.41, 5.74) is 12.7. The number of ether oxygens (including phenoxy) is 1. The first kappa shape index (κ1) is 33.2. The van der Waals surface area contributed by atoms with Crippen molar-refractivity contribution in [3.63, 3.8) is 0 Å². The van der Waals surface area contributed by atoms with Gasteiger partial charge in [-0.2, -0.15) is 0 Å². The minimum Gasteiger partial charge on any atom is -0.493 e. The number of likely N-dealkylation sites (tertiary alicyclic amines) is 1. The Morgan fingerprint density at radius 3 is 2.39 bits per heavy atom. The molecule has 2 aliphatic rings. The number of piperidine rings is 1. The molecule has 1 aromatic heterocycles. The lowest BCUT2D eigenvalue weighted by atomic mass is 9.93. The first-order valence-corrected chi connectivity index (χ1v) is 16.6. The summed E-state index contributed by atoms with van der Waals surface area (Å²) in [5, 5.41) is 4.18. The third-order valence-electron chi connectivity index (χ3n) is 8.82. The van der Waals surface area contributed by atoms with Gasteiger partial charge < -0.3 is 25.6 Å². The zero-order valence-corrected chi connectivity index (χ0v) is 27.5. The molecule has 6 rings (SSSR count). The number of halogens is 1. The summed E-state index contributed by atoms with van der Waals surface area (Å²) < 4.78 is 19.0. The third-order valence-corrected chi connectivity index (χ3v) is 8.82. The molecule has 1 aliphatic carbocycles. The van der Waals surface area contributed by atoms with Gasteiger partial charge >= 0.3 is 6.03 Å². The topological polar surface area (TPSA) is 83.7 Å². The summed E-state index contributed by atoms with van der Waals surface area (Å²) in [4.78, 5) is 22.0. The summed E-state index contributed by atoms with van der Waals surface area (Å²) in [5.74, 6) is 1.05. The van der Waals surface area contributed by atoms with E-state index in [2.05, 4.69) is 37.2 Å². The Bertz CT molecular complexity index is 1570. The van der Waals surface area contributed by atoms with Crippen LogP contribution < -0.4 is 15.8 Å². The van der Waals surface area contributed by atoms with Gasteiger partial charge in [-0.05, 0) is 112 Å². The molecule has 1 aliphatic heterocycles. The maximum atomic E-state index is 13.3. The molecule has 7 nitrogen and oxygen atoms in total. The van der Waals surface area contributed by atoms with Crippen LogP contribution in [-0.2, 0) is 25.9 Å². The van der Waals surface area contributed by atoms with E-state index in [1.807, 2.05) is 47.4 Å². The van der Waals surface area contributed by atoms with Gasteiger partial charge in [-0.1, -0.05) is 56.3 Å². The number of urea groups is 1. The summed E-state index contributed by atoms with van der Waals surface area (Å²) in [6, 6.07) is 22.5. The number of amides is 2. The van der Waals surface area contributed by atoms with Gasteiger partial charge in [0.1, 0.15) is 11.6 Å². The Kier molecular flexibility index (Phi) is 11.5. The number of carbonyl (C=O) groups excluding carboxylic acids is 1. The molecule has 0 spiro atoms. The number of para-hydroxylation sites is 1. The van der Waals surface area contributed by atoms with Gasteiger partial charge in [-0.15, -0.1) is 0 Å². The van der Waals surface area contributed by atoms with Gasteiger partial charge in [0.25, 0.3) is 0 Å². The second-order valence-electron chi connectivity index (χ2n) is 13.0. The van der Waals surface area contributed by atoms with Gasteiger partial charge in [-0.3, -0.25) is 4.98 Å². The van der Waals surface area contributed by atoms with Crippen molar-refractivity contribution in [2.45, 2.75) is 71.5 Å². The van der Waals surface area contributed by atoms with E-state index in [0.717, 1.165) is 72.2 Å². The molecule has 3 N–H and O–H groups in total. The van der Waals surface area contributed by atoms with E-state index in [9.17, 15) is 9.18 Å². The number of fused-ring (bicyclic) bond motifs is 2. The highest BCUT2D eigenvalue weighted by atomic mass is 19.1. The molecule has 0 atom stereocenters. The zero-order valence-electron chi connectivity index (χ0n) is 27.5. The fourth-order valence-corrected chi connectivity index (χ4v) is 6.12. The van der Waals surface area contributed by atoms with Crippen molar-refractivity contribution >= 4 is 22.6 Å². The van der Waals surface area contributed by atoms with Crippen LogP contribution in [0.25, 0.3) is 10.9 Å². The Balaban J connectivity index is 0.000000229. The molecule has 3 aromatic carbocycles. The maximum absolute atomic E-state index is 13.3. The van der Waals surface area contributed by atoms with Gasteiger partial charge in [0.05, 0.1) is 12.1 Å². The van der Waals surface area contributed by atoms with Crippen molar-refractivity contribution in [2.24, 2.45) is 5.92 Å². The van der Waals surface area contributed by atoms with Crippen LogP contribution in [0.1, 0.15) is 61.9 Å². The predicted octanol–water partition coefficient (Wildman–Crippen LogP) is 7.36. The molecule has 1 fully saturated rings. The number of nitrogens with two attached hydrogens (primary N) is 1. The van der Waals surface area contributed by atoms with Gasteiger partial charge in [0.2, 0.25) is 0 Å². The number of carbonyl (C=O) groups is 1. The largest absolute Gasteiger partial charge is 0.493 e. The molecule has 8 heteroatoms. The molecule has 1 saturated heterocycles. The lowest BCUT2D eigenvalue weighted by Gasteiger charge is -2.37. The van der Waals surface area contributed by atoms with Gasteiger partial charge in [0.15, 0.2) is 0 Å². The predicted molar refractivity (Wildman–Crippen MR) is 184 cm³/mol. The molecule has 0 bridgehead atoms. The van der Waals surface area contributed by atoms with Crippen LogP contribution >= 0.6 is 0 Å². The standard InChI is InChI=1S/C25H34FN3O2.C13H14N2/c1-19(2)18-31-24-10-6-20(7-11-24)16-27-25(30)29(23-12-14-28(3)15-13-23)17-21-4-8-22(26)9-5-21;14-13-9-5-1-3-7-11(9)15-12-8-4-2-6-10(12)13/h4-11,19,23H,12-18H2,1-3H3,(H,27,30);1,3,5,7H,2,4,6,8H2,(H2,14,15). The molecule has 2 heterocycles. The molecular weight excluding hydrogens is 577 g/mol. The van der Waals surface area contributed by atoms with Crippen molar-refractivity contribution in [3.8, 4) is 5.75 Å². The van der Waals surface area contributed by atoms with E-state index >= 15 is 0 Å². The smallest absolute Gasteiger partial charge is 0.318 e. The van der Waals surface area contributed by atoms with Crippen molar-refractivity contribution in [1.82, 2.24) is 20.1 Å². The summed E-state index contributed by atoms with van der Waals surface area (Å²) in [7, 11) is 2.11. The number of rotatable bonds is 8. The quantitative estimate of drug-likeness (QED) is 0.214. The van der Waals surface area contributed by atoms with E-state index in [4.69, 9.17) is 15.5 Å². The molecule has 244 valence electrons. The Hall–Kier alpha value is -4.17. The van der Waals surface area contributed by atoms with Crippen LogP contribution in [0.3, 0.4) is 0 Å². The van der Waals surface area contributed by atoms with Crippen LogP contribution in [-0.4, -0.2) is 53.6 Å². The Labute approximate surface area is 272 Å². The van der Waals surface area contributed by atoms with Crippen LogP contribution in [0.15, 0.2) is 72.8 Å². The summed E-state index contributed by atoms with van der Waals surface area (Å²) >= 11 is 0. The first-order chi connectivity index (χ1) is 22.3. The average molecular weight is 626 g/mol. The average Bonchev–Trinajstić information content (AvgIpc) is 3.07. The molecule has 0 saturated carbocycles. The number of nitrogens with zero attached hydrogens (tertiary/aromatic N) is 3. The van der Waals surface area contributed by atoms with Crippen LogP contribution in [0.2, 0.25) is 0 Å². The molecular formula is C38H48FN5O2. The zero-order chi connectivity index (χ0) is 32.5. The van der Waals surface area contributed by atoms with Crippen LogP contribution in [0, 0.1) is 11.7 Å². The van der Waals surface area contributed by atoms with E-state index in [1.165, 1.54) is 36.2 Å². The monoisotopic (exact) mass is 625 g/mol. The van der Waals surface area contributed by atoms with Gasteiger partial charge in [0, 0.05) is 35.9 Å². The van der Waals surface area contributed by atoms with Crippen molar-refractivity contribution in [1.29, 1.82) is 0 Å². The fourth-order valence-electron chi connectivity index (χ4n) is 6.12. The molecule has 2 amide bonds. The number of nitrogen functional groups attached to an aromatic ring is 1. The number of nitrogens with one attached hydrogen (secondary N) is 1. The Morgan fingerprint density at radius 1 is 1.00 bits per heavy atom. The minimum atomic E-state index is -0.264. The third kappa shape index (κ3) is 8.97. The highest BCUT2D eigenvalue weighted by molar-refractivity contribution is 5.92. The fraction of sp³-hybridized carbons (Fsp3) is 0.421. The van der Waals surface area contributed by atoms with Gasteiger partial charge in [-0.25, -0.2) is 9.18 Å². The number of aromatic nitrogens is 1. The number of hydrogen-bond acceptors (Lipinski definition) is 5. The van der Waals surface area contributed by atoms with E-state index in [1.54, 1.807) is 12.1 Å². The van der Waals surface area contributed by atoms with Crippen molar-refractivity contribution < 1.29 is 13.9 Å². The molecule has 0 unspecified atom stereocenters. The summed E-state index contributed by atoms with van der Waals surface area (Å²) in [6.07, 6.45) is 6.55. The SMILES string of the molecule is CC(C)COc1ccc(CNC(=O)N(Cc2ccc(F)cc2)C2CCN(C)CC2)cc1.Nc1c2c(nc3ccccc13)CCCC2. The molecule has 0 radical (unpaired) electrons. The lowest BCUT2D eigenvalue weighted by molar-refractivity contribution is 0.127.